The number of anilines is 1. The number of rotatable bonds is 2. The number of sulfone groups is 1. The second kappa shape index (κ2) is 4.31. The number of hydrogen-bond acceptors (Lipinski definition) is 4. The van der Waals surface area contributed by atoms with Gasteiger partial charge in [0, 0.05) is 11.3 Å². The van der Waals surface area contributed by atoms with Crippen LogP contribution in [0.3, 0.4) is 0 Å². The lowest BCUT2D eigenvalue weighted by molar-refractivity contribution is 0.171. The van der Waals surface area contributed by atoms with Crippen molar-refractivity contribution in [2.24, 2.45) is 0 Å². The van der Waals surface area contributed by atoms with E-state index in [0.717, 1.165) is 5.56 Å². The second-order valence-electron chi connectivity index (χ2n) is 4.62. The lowest BCUT2D eigenvalue weighted by atomic mass is 10.00. The summed E-state index contributed by atoms with van der Waals surface area (Å²) in [6, 6.07) is 5.30. The molecule has 17 heavy (non-hydrogen) atoms. The van der Waals surface area contributed by atoms with Gasteiger partial charge < -0.3 is 10.8 Å². The van der Waals surface area contributed by atoms with Crippen LogP contribution in [0.1, 0.15) is 30.1 Å². The monoisotopic (exact) mass is 255 g/mol. The molecular formula is C12H17NO3S. The number of nitrogen functional groups attached to an aromatic ring is 1. The lowest BCUT2D eigenvalue weighted by Gasteiger charge is -2.19. The largest absolute Gasteiger partial charge is 0.398 e. The summed E-state index contributed by atoms with van der Waals surface area (Å²) in [5, 5.41) is 9.50. The summed E-state index contributed by atoms with van der Waals surface area (Å²) in [5.74, 6) is 0.167. The van der Waals surface area contributed by atoms with E-state index in [0.29, 0.717) is 24.1 Å². The predicted molar refractivity (Wildman–Crippen MR) is 67.4 cm³/mol. The minimum atomic E-state index is -3.17. The Morgan fingerprint density at radius 2 is 2.18 bits per heavy atom. The molecule has 0 saturated carbocycles. The minimum absolute atomic E-state index is 0.167. The van der Waals surface area contributed by atoms with Gasteiger partial charge in [-0.25, -0.2) is 8.42 Å². The minimum Gasteiger partial charge on any atom is -0.398 e. The molecule has 4 nitrogen and oxygen atoms in total. The highest BCUT2D eigenvalue weighted by Gasteiger charge is 2.38. The van der Waals surface area contributed by atoms with Gasteiger partial charge in [-0.05, 0) is 25.8 Å². The van der Waals surface area contributed by atoms with Gasteiger partial charge in [-0.2, -0.15) is 0 Å². The van der Waals surface area contributed by atoms with E-state index in [9.17, 15) is 13.5 Å². The summed E-state index contributed by atoms with van der Waals surface area (Å²) in [4.78, 5) is 0. The molecule has 0 aliphatic carbocycles. The van der Waals surface area contributed by atoms with Crippen LogP contribution in [-0.4, -0.2) is 24.5 Å². The maximum atomic E-state index is 11.8. The average molecular weight is 255 g/mol. The van der Waals surface area contributed by atoms with Gasteiger partial charge in [-0.1, -0.05) is 17.7 Å². The van der Waals surface area contributed by atoms with E-state index in [2.05, 4.69) is 0 Å². The number of aliphatic hydroxyl groups is 1. The van der Waals surface area contributed by atoms with E-state index in [1.807, 2.05) is 13.0 Å². The van der Waals surface area contributed by atoms with Crippen molar-refractivity contribution in [3.05, 3.63) is 29.3 Å². The molecule has 94 valence electrons. The number of aryl methyl sites for hydroxylation is 1. The summed E-state index contributed by atoms with van der Waals surface area (Å²) < 4.78 is 23.5. The Bertz CT molecular complexity index is 525. The molecule has 1 aliphatic heterocycles. The molecular weight excluding hydrogens is 238 g/mol. The molecule has 2 atom stereocenters. The van der Waals surface area contributed by atoms with E-state index in [1.54, 1.807) is 12.1 Å². The quantitative estimate of drug-likeness (QED) is 0.778. The molecule has 1 heterocycles. The average Bonchev–Trinajstić information content (AvgIpc) is 2.61. The molecule has 0 spiro atoms. The van der Waals surface area contributed by atoms with Crippen molar-refractivity contribution >= 4 is 15.5 Å². The van der Waals surface area contributed by atoms with Crippen LogP contribution in [0, 0.1) is 6.92 Å². The third-order valence-corrected chi connectivity index (χ3v) is 5.57. The normalized spacial score (nSPS) is 24.7. The molecule has 0 aromatic heterocycles. The van der Waals surface area contributed by atoms with Crippen LogP contribution in [0.4, 0.5) is 5.69 Å². The molecule has 2 rings (SSSR count). The van der Waals surface area contributed by atoms with E-state index < -0.39 is 21.2 Å². The second-order valence-corrected chi connectivity index (χ2v) is 6.96. The summed E-state index contributed by atoms with van der Waals surface area (Å²) in [5.41, 5.74) is 7.73. The third-order valence-electron chi connectivity index (χ3n) is 3.29. The Morgan fingerprint density at radius 3 is 2.76 bits per heavy atom. The molecule has 0 amide bonds. The van der Waals surface area contributed by atoms with Crippen molar-refractivity contribution < 1.29 is 13.5 Å². The molecule has 1 aliphatic rings. The zero-order valence-electron chi connectivity index (χ0n) is 9.76. The highest BCUT2D eigenvalue weighted by atomic mass is 32.2. The first-order valence-corrected chi connectivity index (χ1v) is 7.39. The van der Waals surface area contributed by atoms with E-state index in [1.165, 1.54) is 0 Å². The van der Waals surface area contributed by atoms with E-state index >= 15 is 0 Å². The van der Waals surface area contributed by atoms with Gasteiger partial charge in [-0.15, -0.1) is 0 Å². The molecule has 1 aromatic carbocycles. The van der Waals surface area contributed by atoms with Crippen LogP contribution in [-0.2, 0) is 9.84 Å². The smallest absolute Gasteiger partial charge is 0.156 e. The summed E-state index contributed by atoms with van der Waals surface area (Å²) in [6.45, 7) is 1.89. The molecule has 5 heteroatoms. The highest BCUT2D eigenvalue weighted by molar-refractivity contribution is 7.92. The van der Waals surface area contributed by atoms with Crippen LogP contribution in [0.2, 0.25) is 0 Å². The Labute approximate surface area is 101 Å². The molecule has 0 radical (unpaired) electrons. The van der Waals surface area contributed by atoms with Gasteiger partial charge in [0.15, 0.2) is 9.84 Å². The van der Waals surface area contributed by atoms with E-state index in [-0.39, 0.29) is 5.75 Å². The summed E-state index contributed by atoms with van der Waals surface area (Å²) in [7, 11) is -3.17. The third kappa shape index (κ3) is 2.30. The Balaban J connectivity index is 2.37. The maximum Gasteiger partial charge on any atom is 0.156 e. The van der Waals surface area contributed by atoms with Crippen LogP contribution in [0.25, 0.3) is 0 Å². The molecule has 1 aromatic rings. The number of hydrogen-bond donors (Lipinski definition) is 2. The van der Waals surface area contributed by atoms with Crippen LogP contribution < -0.4 is 5.73 Å². The van der Waals surface area contributed by atoms with Crippen LogP contribution in [0.15, 0.2) is 18.2 Å². The Hall–Kier alpha value is -1.07. The Morgan fingerprint density at radius 1 is 1.47 bits per heavy atom. The molecule has 1 saturated heterocycles. The topological polar surface area (TPSA) is 80.4 Å². The zero-order valence-corrected chi connectivity index (χ0v) is 10.6. The fourth-order valence-electron chi connectivity index (χ4n) is 2.32. The standard InChI is InChI=1S/C12H17NO3S/c1-8-4-5-10(13)9(7-8)12(14)11-3-2-6-17(11,15)16/h4-5,7,11-12,14H,2-3,6,13H2,1H3. The van der Waals surface area contributed by atoms with Crippen LogP contribution >= 0.6 is 0 Å². The van der Waals surface area contributed by atoms with Gasteiger partial charge in [0.1, 0.15) is 0 Å². The highest BCUT2D eigenvalue weighted by Crippen LogP contribution is 2.34. The fourth-order valence-corrected chi connectivity index (χ4v) is 4.26. The SMILES string of the molecule is Cc1ccc(N)c(C(O)C2CCCS2(=O)=O)c1. The van der Waals surface area contributed by atoms with Crippen molar-refractivity contribution in [1.82, 2.24) is 0 Å². The summed E-state index contributed by atoms with van der Waals surface area (Å²) >= 11 is 0. The van der Waals surface area contributed by atoms with Crippen LogP contribution in [0.5, 0.6) is 0 Å². The lowest BCUT2D eigenvalue weighted by Crippen LogP contribution is -2.25. The maximum absolute atomic E-state index is 11.8. The first kappa shape index (κ1) is 12.4. The van der Waals surface area contributed by atoms with Gasteiger partial charge in [0.2, 0.25) is 0 Å². The van der Waals surface area contributed by atoms with Crippen molar-refractivity contribution in [3.8, 4) is 0 Å². The fraction of sp³-hybridized carbons (Fsp3) is 0.500. The number of nitrogens with two attached hydrogens (primary N) is 1. The molecule has 1 fully saturated rings. The van der Waals surface area contributed by atoms with Gasteiger partial charge in [0.25, 0.3) is 0 Å². The van der Waals surface area contributed by atoms with E-state index in [4.69, 9.17) is 5.73 Å². The van der Waals surface area contributed by atoms with Crippen molar-refractivity contribution in [2.75, 3.05) is 11.5 Å². The van der Waals surface area contributed by atoms with Crippen molar-refractivity contribution in [1.29, 1.82) is 0 Å². The molecule has 0 bridgehead atoms. The number of aliphatic hydroxyl groups excluding tert-OH is 1. The number of benzene rings is 1. The summed E-state index contributed by atoms with van der Waals surface area (Å²) in [6.07, 6.45) is 0.120. The van der Waals surface area contributed by atoms with Gasteiger partial charge in [-0.3, -0.25) is 0 Å². The first-order valence-electron chi connectivity index (χ1n) is 5.67. The zero-order chi connectivity index (χ0) is 12.6. The van der Waals surface area contributed by atoms with Gasteiger partial charge >= 0.3 is 0 Å². The van der Waals surface area contributed by atoms with Crippen molar-refractivity contribution in [3.63, 3.8) is 0 Å². The Kier molecular flexibility index (Phi) is 3.14. The van der Waals surface area contributed by atoms with Crippen molar-refractivity contribution in [2.45, 2.75) is 31.1 Å². The molecule has 2 unspecified atom stereocenters. The predicted octanol–water partition coefficient (Wildman–Crippen LogP) is 1.19. The first-order chi connectivity index (χ1) is 7.92. The molecule has 3 N–H and O–H groups in total. The van der Waals surface area contributed by atoms with Gasteiger partial charge in [0.05, 0.1) is 17.1 Å².